The van der Waals surface area contributed by atoms with E-state index in [0.29, 0.717) is 6.04 Å². The Hall–Kier alpha value is -0.740. The largest absolute Gasteiger partial charge is 0.356 e. The van der Waals surface area contributed by atoms with Crippen molar-refractivity contribution in [3.63, 3.8) is 0 Å². The van der Waals surface area contributed by atoms with E-state index >= 15 is 0 Å². The van der Waals surface area contributed by atoms with Crippen LogP contribution in [0.3, 0.4) is 0 Å². The van der Waals surface area contributed by atoms with Crippen molar-refractivity contribution in [3.05, 3.63) is 23.4 Å². The summed E-state index contributed by atoms with van der Waals surface area (Å²) in [6.07, 6.45) is 3.50. The molecule has 1 fully saturated rings. The third-order valence-corrected chi connectivity index (χ3v) is 4.74. The maximum absolute atomic E-state index is 4.90. The fourth-order valence-corrected chi connectivity index (χ4v) is 3.47. The molecule has 2 rings (SSSR count). The minimum absolute atomic E-state index is 0.519. The maximum atomic E-state index is 4.90. The first-order valence-corrected chi connectivity index (χ1v) is 9.40. The number of rotatable bonds is 6. The third-order valence-electron chi connectivity index (χ3n) is 3.69. The van der Waals surface area contributed by atoms with E-state index in [1.165, 1.54) is 35.0 Å². The molecule has 1 N–H and O–H groups in total. The molecule has 2 heterocycles. The predicted molar refractivity (Wildman–Crippen MR) is 94.4 cm³/mol. The summed E-state index contributed by atoms with van der Waals surface area (Å²) in [5.74, 6) is 3.69. The van der Waals surface area contributed by atoms with Gasteiger partial charge in [0.2, 0.25) is 0 Å². The maximum Gasteiger partial charge on any atom is 0.129 e. The number of thioether (sulfide) groups is 1. The SMILES string of the molecule is CCCc1cc(CNC(C)C)cc(N2CCCSCC2)n1. The quantitative estimate of drug-likeness (QED) is 0.871. The molecule has 3 nitrogen and oxygen atoms in total. The van der Waals surface area contributed by atoms with E-state index in [-0.39, 0.29) is 0 Å². The monoisotopic (exact) mass is 307 g/mol. The van der Waals surface area contributed by atoms with Crippen molar-refractivity contribution in [2.75, 3.05) is 29.5 Å². The Morgan fingerprint density at radius 1 is 1.29 bits per heavy atom. The van der Waals surface area contributed by atoms with Gasteiger partial charge in [0.15, 0.2) is 0 Å². The third kappa shape index (κ3) is 5.51. The minimum atomic E-state index is 0.519. The van der Waals surface area contributed by atoms with Gasteiger partial charge >= 0.3 is 0 Å². The van der Waals surface area contributed by atoms with Crippen LogP contribution < -0.4 is 10.2 Å². The van der Waals surface area contributed by atoms with Crippen molar-refractivity contribution in [3.8, 4) is 0 Å². The molecule has 0 radical (unpaired) electrons. The molecule has 1 saturated heterocycles. The molecule has 1 aliphatic heterocycles. The second kappa shape index (κ2) is 8.64. The van der Waals surface area contributed by atoms with Gasteiger partial charge in [-0.2, -0.15) is 11.8 Å². The second-order valence-electron chi connectivity index (χ2n) is 6.06. The summed E-state index contributed by atoms with van der Waals surface area (Å²) in [7, 11) is 0. The normalized spacial score (nSPS) is 16.3. The number of nitrogens with zero attached hydrogens (tertiary/aromatic N) is 2. The molecule has 0 aromatic carbocycles. The molecule has 1 aromatic rings. The van der Waals surface area contributed by atoms with E-state index in [2.05, 4.69) is 54.9 Å². The summed E-state index contributed by atoms with van der Waals surface area (Å²) >= 11 is 2.07. The molecule has 0 saturated carbocycles. The Morgan fingerprint density at radius 3 is 2.90 bits per heavy atom. The van der Waals surface area contributed by atoms with Crippen LogP contribution in [0.5, 0.6) is 0 Å². The van der Waals surface area contributed by atoms with Gasteiger partial charge < -0.3 is 10.2 Å². The van der Waals surface area contributed by atoms with Crippen LogP contribution >= 0.6 is 11.8 Å². The zero-order valence-electron chi connectivity index (χ0n) is 13.7. The van der Waals surface area contributed by atoms with Crippen LogP contribution in [0.4, 0.5) is 5.82 Å². The van der Waals surface area contributed by atoms with Crippen LogP contribution in [0, 0.1) is 0 Å². The number of hydrogen-bond donors (Lipinski definition) is 1. The average molecular weight is 308 g/mol. The van der Waals surface area contributed by atoms with Crippen LogP contribution in [0.15, 0.2) is 12.1 Å². The smallest absolute Gasteiger partial charge is 0.129 e. The van der Waals surface area contributed by atoms with Crippen LogP contribution in [0.1, 0.15) is 44.9 Å². The van der Waals surface area contributed by atoms with E-state index in [9.17, 15) is 0 Å². The van der Waals surface area contributed by atoms with Crippen molar-refractivity contribution >= 4 is 17.6 Å². The van der Waals surface area contributed by atoms with Crippen LogP contribution in [-0.4, -0.2) is 35.6 Å². The van der Waals surface area contributed by atoms with Crippen molar-refractivity contribution in [1.29, 1.82) is 0 Å². The number of aryl methyl sites for hydroxylation is 1. The zero-order valence-corrected chi connectivity index (χ0v) is 14.5. The van der Waals surface area contributed by atoms with Gasteiger partial charge in [0.1, 0.15) is 5.82 Å². The van der Waals surface area contributed by atoms with E-state index < -0.39 is 0 Å². The molecule has 0 bridgehead atoms. The molecule has 0 aliphatic carbocycles. The lowest BCUT2D eigenvalue weighted by Gasteiger charge is -2.23. The number of hydrogen-bond acceptors (Lipinski definition) is 4. The first kappa shape index (κ1) is 16.6. The van der Waals surface area contributed by atoms with Gasteiger partial charge in [-0.05, 0) is 36.3 Å². The Balaban J connectivity index is 2.17. The van der Waals surface area contributed by atoms with Crippen molar-refractivity contribution in [2.24, 2.45) is 0 Å². The second-order valence-corrected chi connectivity index (χ2v) is 7.29. The highest BCUT2D eigenvalue weighted by Gasteiger charge is 2.13. The number of anilines is 1. The van der Waals surface area contributed by atoms with Gasteiger partial charge in [0.05, 0.1) is 0 Å². The molecule has 0 amide bonds. The molecule has 0 spiro atoms. The van der Waals surface area contributed by atoms with Crippen LogP contribution in [0.25, 0.3) is 0 Å². The highest BCUT2D eigenvalue weighted by Crippen LogP contribution is 2.20. The molecule has 118 valence electrons. The summed E-state index contributed by atoms with van der Waals surface area (Å²) < 4.78 is 0. The van der Waals surface area contributed by atoms with Gasteiger partial charge in [0.25, 0.3) is 0 Å². The fraction of sp³-hybridized carbons (Fsp3) is 0.706. The highest BCUT2D eigenvalue weighted by molar-refractivity contribution is 7.99. The average Bonchev–Trinajstić information content (AvgIpc) is 2.74. The molecule has 0 atom stereocenters. The Labute approximate surface area is 133 Å². The molecule has 0 unspecified atom stereocenters. The van der Waals surface area contributed by atoms with Gasteiger partial charge in [-0.25, -0.2) is 4.98 Å². The first-order valence-electron chi connectivity index (χ1n) is 8.25. The Morgan fingerprint density at radius 2 is 2.14 bits per heavy atom. The van der Waals surface area contributed by atoms with Crippen LogP contribution in [0.2, 0.25) is 0 Å². The summed E-state index contributed by atoms with van der Waals surface area (Å²) in [4.78, 5) is 7.37. The minimum Gasteiger partial charge on any atom is -0.356 e. The lowest BCUT2D eigenvalue weighted by Crippen LogP contribution is -2.27. The summed E-state index contributed by atoms with van der Waals surface area (Å²) in [6.45, 7) is 9.83. The predicted octanol–water partition coefficient (Wildman–Crippen LogP) is 3.48. The van der Waals surface area contributed by atoms with E-state index in [1.54, 1.807) is 0 Å². The molecule has 1 aromatic heterocycles. The van der Waals surface area contributed by atoms with Crippen molar-refractivity contribution < 1.29 is 0 Å². The number of nitrogens with one attached hydrogen (secondary N) is 1. The van der Waals surface area contributed by atoms with E-state index in [1.807, 2.05) is 0 Å². The molecular formula is C17H29N3S. The molecule has 1 aliphatic rings. The first-order chi connectivity index (χ1) is 10.2. The lowest BCUT2D eigenvalue weighted by atomic mass is 10.1. The summed E-state index contributed by atoms with van der Waals surface area (Å²) in [6, 6.07) is 5.07. The van der Waals surface area contributed by atoms with Gasteiger partial charge in [0, 0.05) is 37.1 Å². The van der Waals surface area contributed by atoms with Crippen molar-refractivity contribution in [1.82, 2.24) is 10.3 Å². The molecule has 4 heteroatoms. The zero-order chi connectivity index (χ0) is 15.1. The standard InChI is InChI=1S/C17H29N3S/c1-4-6-16-11-15(13-18-14(2)3)12-17(19-16)20-7-5-9-21-10-8-20/h11-12,14,18H,4-10,13H2,1-3H3. The van der Waals surface area contributed by atoms with Crippen LogP contribution in [-0.2, 0) is 13.0 Å². The lowest BCUT2D eigenvalue weighted by molar-refractivity contribution is 0.587. The van der Waals surface area contributed by atoms with Gasteiger partial charge in [-0.3, -0.25) is 0 Å². The number of aromatic nitrogens is 1. The van der Waals surface area contributed by atoms with Gasteiger partial charge in [-0.1, -0.05) is 27.2 Å². The Kier molecular flexibility index (Phi) is 6.84. The molecule has 21 heavy (non-hydrogen) atoms. The van der Waals surface area contributed by atoms with E-state index in [0.717, 1.165) is 32.5 Å². The van der Waals surface area contributed by atoms with E-state index in [4.69, 9.17) is 4.98 Å². The van der Waals surface area contributed by atoms with Crippen molar-refractivity contribution in [2.45, 2.75) is 52.6 Å². The summed E-state index contributed by atoms with van der Waals surface area (Å²) in [5.41, 5.74) is 2.61. The summed E-state index contributed by atoms with van der Waals surface area (Å²) in [5, 5.41) is 3.52. The highest BCUT2D eigenvalue weighted by atomic mass is 32.2. The topological polar surface area (TPSA) is 28.2 Å². The fourth-order valence-electron chi connectivity index (χ4n) is 2.58. The van der Waals surface area contributed by atoms with Gasteiger partial charge in [-0.15, -0.1) is 0 Å². The molecular weight excluding hydrogens is 278 g/mol. The number of pyridine rings is 1. The Bertz CT molecular complexity index is 426.